The smallest absolute Gasteiger partial charge is 0.311 e. The average molecular weight is 437 g/mol. The highest BCUT2D eigenvalue weighted by Gasteiger charge is 2.13. The minimum Gasteiger partial charge on any atom is -0.466 e. The Labute approximate surface area is 175 Å². The van der Waals surface area contributed by atoms with E-state index in [1.165, 1.54) is 23.1 Å². The van der Waals surface area contributed by atoms with Crippen molar-refractivity contribution in [3.8, 4) is 5.69 Å². The summed E-state index contributed by atoms with van der Waals surface area (Å²) in [5.74, 6) is -0.374. The van der Waals surface area contributed by atoms with Crippen LogP contribution >= 0.6 is 34.7 Å². The molecule has 2 heterocycles. The van der Waals surface area contributed by atoms with Crippen LogP contribution in [0.25, 0.3) is 5.69 Å². The van der Waals surface area contributed by atoms with Crippen molar-refractivity contribution < 1.29 is 14.3 Å². The standard InChI is InChI=1S/C18H17ClN4O3S2/c1-2-26-16(25)9-13-10-27-17(21-13)22-15(24)11-28-18-20-6-7-23(18)14-5-3-4-12(19)8-14/h3-8,10H,2,9,11H2,1H3,(H,21,22,24). The Morgan fingerprint density at radius 2 is 2.25 bits per heavy atom. The van der Waals surface area contributed by atoms with Crippen molar-refractivity contribution in [3.05, 3.63) is 52.8 Å². The number of nitrogens with one attached hydrogen (secondary N) is 1. The highest BCUT2D eigenvalue weighted by molar-refractivity contribution is 7.99. The van der Waals surface area contributed by atoms with Crippen molar-refractivity contribution in [3.63, 3.8) is 0 Å². The van der Waals surface area contributed by atoms with Gasteiger partial charge in [-0.15, -0.1) is 11.3 Å². The largest absolute Gasteiger partial charge is 0.466 e. The van der Waals surface area contributed by atoms with Gasteiger partial charge in [-0.25, -0.2) is 9.97 Å². The number of carbonyl (C=O) groups is 2. The number of anilines is 1. The first-order valence-electron chi connectivity index (χ1n) is 8.37. The summed E-state index contributed by atoms with van der Waals surface area (Å²) >= 11 is 8.62. The molecule has 0 saturated carbocycles. The van der Waals surface area contributed by atoms with Crippen LogP contribution in [0.4, 0.5) is 5.13 Å². The summed E-state index contributed by atoms with van der Waals surface area (Å²) in [6.07, 6.45) is 3.57. The van der Waals surface area contributed by atoms with Crippen molar-refractivity contribution in [1.29, 1.82) is 0 Å². The van der Waals surface area contributed by atoms with Crippen LogP contribution in [0.5, 0.6) is 0 Å². The van der Waals surface area contributed by atoms with Gasteiger partial charge in [0.05, 0.1) is 24.5 Å². The Morgan fingerprint density at radius 3 is 3.04 bits per heavy atom. The molecule has 0 spiro atoms. The van der Waals surface area contributed by atoms with E-state index in [-0.39, 0.29) is 24.1 Å². The minimum absolute atomic E-state index is 0.0893. The number of amides is 1. The first-order chi connectivity index (χ1) is 13.5. The summed E-state index contributed by atoms with van der Waals surface area (Å²) in [4.78, 5) is 32.2. The van der Waals surface area contributed by atoms with Crippen LogP contribution in [0.15, 0.2) is 47.2 Å². The number of ether oxygens (including phenoxy) is 1. The molecule has 10 heteroatoms. The number of hydrogen-bond donors (Lipinski definition) is 1. The number of nitrogens with zero attached hydrogens (tertiary/aromatic N) is 3. The number of esters is 1. The maximum Gasteiger partial charge on any atom is 0.311 e. The number of imidazole rings is 1. The normalized spacial score (nSPS) is 10.6. The average Bonchev–Trinajstić information content (AvgIpc) is 3.29. The number of hydrogen-bond acceptors (Lipinski definition) is 7. The molecule has 0 bridgehead atoms. The zero-order valence-corrected chi connectivity index (χ0v) is 17.3. The lowest BCUT2D eigenvalue weighted by Crippen LogP contribution is -2.14. The van der Waals surface area contributed by atoms with Crippen LogP contribution in [0.2, 0.25) is 5.02 Å². The van der Waals surface area contributed by atoms with Crippen LogP contribution in [0.3, 0.4) is 0 Å². The SMILES string of the molecule is CCOC(=O)Cc1csc(NC(=O)CSc2nccn2-c2cccc(Cl)c2)n1. The van der Waals surface area contributed by atoms with Gasteiger partial charge in [0, 0.05) is 28.5 Å². The summed E-state index contributed by atoms with van der Waals surface area (Å²) in [6, 6.07) is 7.40. The fraction of sp³-hybridized carbons (Fsp3) is 0.222. The predicted molar refractivity (Wildman–Crippen MR) is 110 cm³/mol. The molecule has 3 rings (SSSR count). The van der Waals surface area contributed by atoms with E-state index < -0.39 is 0 Å². The number of aromatic nitrogens is 3. The Hall–Kier alpha value is -2.36. The lowest BCUT2D eigenvalue weighted by atomic mass is 10.3. The van der Waals surface area contributed by atoms with Crippen LogP contribution in [0, 0.1) is 0 Å². The monoisotopic (exact) mass is 436 g/mol. The molecule has 0 unspecified atom stereocenters. The van der Waals surface area contributed by atoms with Crippen molar-refractivity contribution in [1.82, 2.24) is 14.5 Å². The number of thioether (sulfide) groups is 1. The Bertz CT molecular complexity index is 973. The zero-order valence-electron chi connectivity index (χ0n) is 14.9. The molecule has 0 aliphatic carbocycles. The molecule has 0 fully saturated rings. The first-order valence-corrected chi connectivity index (χ1v) is 10.6. The lowest BCUT2D eigenvalue weighted by molar-refractivity contribution is -0.142. The lowest BCUT2D eigenvalue weighted by Gasteiger charge is -2.07. The highest BCUT2D eigenvalue weighted by Crippen LogP contribution is 2.23. The molecular formula is C18H17ClN4O3S2. The minimum atomic E-state index is -0.339. The summed E-state index contributed by atoms with van der Waals surface area (Å²) in [6.45, 7) is 2.08. The van der Waals surface area contributed by atoms with Crippen LogP contribution in [-0.4, -0.2) is 38.8 Å². The van der Waals surface area contributed by atoms with Crippen LogP contribution < -0.4 is 5.32 Å². The van der Waals surface area contributed by atoms with E-state index in [1.807, 2.05) is 29.0 Å². The van der Waals surface area contributed by atoms with E-state index in [0.29, 0.717) is 27.6 Å². The second-order valence-corrected chi connectivity index (χ2v) is 7.76. The van der Waals surface area contributed by atoms with E-state index in [4.69, 9.17) is 16.3 Å². The second-order valence-electron chi connectivity index (χ2n) is 5.52. The third-order valence-corrected chi connectivity index (χ3v) is 5.46. The Balaban J connectivity index is 1.55. The maximum atomic E-state index is 12.2. The van der Waals surface area contributed by atoms with Gasteiger partial charge in [-0.2, -0.15) is 0 Å². The van der Waals surface area contributed by atoms with Crippen LogP contribution in [0.1, 0.15) is 12.6 Å². The van der Waals surface area contributed by atoms with E-state index in [2.05, 4.69) is 15.3 Å². The molecule has 2 aromatic heterocycles. The quantitative estimate of drug-likeness (QED) is 0.426. The topological polar surface area (TPSA) is 86.1 Å². The third kappa shape index (κ3) is 5.57. The van der Waals surface area contributed by atoms with Crippen molar-refractivity contribution >= 4 is 51.7 Å². The number of rotatable bonds is 8. The number of thiazole rings is 1. The van der Waals surface area contributed by atoms with E-state index in [0.717, 1.165) is 5.69 Å². The molecule has 28 heavy (non-hydrogen) atoms. The molecular weight excluding hydrogens is 420 g/mol. The number of halogens is 1. The number of benzene rings is 1. The van der Waals surface area contributed by atoms with Gasteiger partial charge in [-0.05, 0) is 25.1 Å². The van der Waals surface area contributed by atoms with Gasteiger partial charge in [-0.1, -0.05) is 29.4 Å². The van der Waals surface area contributed by atoms with Crippen molar-refractivity contribution in [2.75, 3.05) is 17.7 Å². The molecule has 1 N–H and O–H groups in total. The maximum absolute atomic E-state index is 12.2. The molecule has 1 aromatic carbocycles. The van der Waals surface area contributed by atoms with Crippen molar-refractivity contribution in [2.45, 2.75) is 18.5 Å². The van der Waals surface area contributed by atoms with Gasteiger partial charge in [0.25, 0.3) is 0 Å². The predicted octanol–water partition coefficient (Wildman–Crippen LogP) is 3.82. The van der Waals surface area contributed by atoms with E-state index in [1.54, 1.807) is 24.6 Å². The molecule has 0 atom stereocenters. The van der Waals surface area contributed by atoms with Gasteiger partial charge in [0.1, 0.15) is 0 Å². The zero-order chi connectivity index (χ0) is 19.9. The molecule has 3 aromatic rings. The van der Waals surface area contributed by atoms with Crippen LogP contribution in [-0.2, 0) is 20.7 Å². The van der Waals surface area contributed by atoms with E-state index in [9.17, 15) is 9.59 Å². The van der Waals surface area contributed by atoms with E-state index >= 15 is 0 Å². The summed E-state index contributed by atoms with van der Waals surface area (Å²) < 4.78 is 6.75. The van der Waals surface area contributed by atoms with Gasteiger partial charge < -0.3 is 10.1 Å². The summed E-state index contributed by atoms with van der Waals surface area (Å²) in [5, 5.41) is 6.22. The molecule has 0 saturated heterocycles. The number of carbonyl (C=O) groups excluding carboxylic acids is 2. The van der Waals surface area contributed by atoms with Gasteiger partial charge >= 0.3 is 5.97 Å². The summed E-state index contributed by atoms with van der Waals surface area (Å²) in [7, 11) is 0. The van der Waals surface area contributed by atoms with Gasteiger partial charge in [-0.3, -0.25) is 14.2 Å². The summed E-state index contributed by atoms with van der Waals surface area (Å²) in [5.41, 5.74) is 1.44. The fourth-order valence-electron chi connectivity index (χ4n) is 2.31. The molecule has 1 amide bonds. The molecule has 146 valence electrons. The van der Waals surface area contributed by atoms with Crippen molar-refractivity contribution in [2.24, 2.45) is 0 Å². The van der Waals surface area contributed by atoms with Gasteiger partial charge in [0.2, 0.25) is 5.91 Å². The second kappa shape index (κ2) is 9.72. The third-order valence-electron chi connectivity index (χ3n) is 3.45. The molecule has 0 aliphatic heterocycles. The highest BCUT2D eigenvalue weighted by atomic mass is 35.5. The Kier molecular flexibility index (Phi) is 7.07. The first kappa shape index (κ1) is 20.4. The Morgan fingerprint density at radius 1 is 1.39 bits per heavy atom. The molecule has 0 radical (unpaired) electrons. The van der Waals surface area contributed by atoms with Gasteiger partial charge in [0.15, 0.2) is 10.3 Å². The molecule has 7 nitrogen and oxygen atoms in total. The fourth-order valence-corrected chi connectivity index (χ4v) is 3.99. The molecule has 0 aliphatic rings.